The fourth-order valence-corrected chi connectivity index (χ4v) is 11.0. The van der Waals surface area contributed by atoms with Gasteiger partial charge in [0.05, 0.1) is 17.5 Å². The molecule has 8 saturated carbocycles. The maximum Gasteiger partial charge on any atom is 0.397 e. The number of ether oxygens (including phenoxy) is 4. The van der Waals surface area contributed by atoms with Crippen LogP contribution in [0.2, 0.25) is 0 Å². The van der Waals surface area contributed by atoms with Gasteiger partial charge in [0, 0.05) is 34.4 Å². The van der Waals surface area contributed by atoms with Crippen LogP contribution in [-0.2, 0) is 42.6 Å². The number of halogens is 9. The summed E-state index contributed by atoms with van der Waals surface area (Å²) in [5.41, 5.74) is -1.95. The lowest BCUT2D eigenvalue weighted by Gasteiger charge is -2.62. The Morgan fingerprint density at radius 3 is 1.18 bits per heavy atom. The highest BCUT2D eigenvalue weighted by atomic mass is 35.7. The highest BCUT2D eigenvalue weighted by molar-refractivity contribution is 8.13. The van der Waals surface area contributed by atoms with Crippen LogP contribution >= 0.6 is 10.7 Å². The molecule has 11 nitrogen and oxygen atoms in total. The Kier molecular flexibility index (Phi) is 9.75. The van der Waals surface area contributed by atoms with Crippen molar-refractivity contribution >= 4 is 30.1 Å². The van der Waals surface area contributed by atoms with E-state index in [1.807, 2.05) is 0 Å². The van der Waals surface area contributed by atoms with Crippen molar-refractivity contribution in [2.24, 2.45) is 35.5 Å². The lowest BCUT2D eigenvalue weighted by atomic mass is 9.51. The highest BCUT2D eigenvalue weighted by Crippen LogP contribution is 2.65. The molecule has 2 spiro atoms. The minimum atomic E-state index is -4.69. The van der Waals surface area contributed by atoms with Gasteiger partial charge in [0.25, 0.3) is 0 Å². The van der Waals surface area contributed by atoms with Gasteiger partial charge in [-0.3, -0.25) is 4.55 Å². The molecule has 8 bridgehead atoms. The number of aliphatic hydroxyl groups is 1. The second-order valence-corrected chi connectivity index (χ2v) is 19.8. The average Bonchev–Trinajstić information content (AvgIpc) is 3.08. The third-order valence-electron chi connectivity index (χ3n) is 11.8. The Labute approximate surface area is 293 Å². The molecule has 2 saturated heterocycles. The summed E-state index contributed by atoms with van der Waals surface area (Å²) < 4.78 is 185. The van der Waals surface area contributed by atoms with Gasteiger partial charge in [-0.15, -0.1) is 0 Å². The number of rotatable bonds is 2. The zero-order valence-corrected chi connectivity index (χ0v) is 29.5. The van der Waals surface area contributed by atoms with E-state index >= 15 is 0 Å². The molecular weight excluding hydrogens is 776 g/mol. The van der Waals surface area contributed by atoms with Crippen molar-refractivity contribution in [3.63, 3.8) is 0 Å². The van der Waals surface area contributed by atoms with Crippen LogP contribution in [0, 0.1) is 35.5 Å². The van der Waals surface area contributed by atoms with E-state index in [1.165, 1.54) is 0 Å². The van der Waals surface area contributed by atoms with Crippen LogP contribution < -0.4 is 0 Å². The summed E-state index contributed by atoms with van der Waals surface area (Å²) in [6.45, 7) is -5.56. The van der Waals surface area contributed by atoms with Crippen molar-refractivity contribution in [3.8, 4) is 0 Å². The Bertz CT molecular complexity index is 1500. The largest absolute Gasteiger partial charge is 0.397 e. The summed E-state index contributed by atoms with van der Waals surface area (Å²) in [4.78, 5) is 0. The third-order valence-corrected chi connectivity index (χ3v) is 12.4. The molecule has 0 amide bonds. The normalized spacial score (nSPS) is 43.0. The van der Waals surface area contributed by atoms with Crippen molar-refractivity contribution in [3.05, 3.63) is 0 Å². The van der Waals surface area contributed by atoms with Crippen LogP contribution in [0.4, 0.5) is 35.1 Å². The smallest absolute Gasteiger partial charge is 0.390 e. The minimum absolute atomic E-state index is 0.0429. The Morgan fingerprint density at radius 1 is 0.588 bits per heavy atom. The Morgan fingerprint density at radius 2 is 0.882 bits per heavy atom. The van der Waals surface area contributed by atoms with Gasteiger partial charge in [-0.2, -0.15) is 43.5 Å². The van der Waals surface area contributed by atoms with Gasteiger partial charge < -0.3 is 24.1 Å². The van der Waals surface area contributed by atoms with Gasteiger partial charge >= 0.3 is 34.1 Å². The van der Waals surface area contributed by atoms with Crippen LogP contribution in [0.5, 0.6) is 0 Å². The summed E-state index contributed by atoms with van der Waals surface area (Å²) in [5.74, 6) is -21.4. The predicted octanol–water partition coefficient (Wildman–Crippen LogP) is 5.15. The summed E-state index contributed by atoms with van der Waals surface area (Å²) in [7, 11) is -3.39. The van der Waals surface area contributed by atoms with Crippen molar-refractivity contribution in [1.29, 1.82) is 0 Å². The summed E-state index contributed by atoms with van der Waals surface area (Å²) in [6, 6.07) is 0. The standard InChI is InChI=1S/C14H18F4O6S.C14H18F4O3.CH3ClO2S/c15-12(16)6-22-14(23-7-13(12,17)18)9-1-8-2-10(14)5-11(3-8,4-9)24-25(19,20)21;15-12(16)6-20-14(21-7-13(12,17)18)9-1-8-2-10(14)5-11(19,3-8)4-9;1-5(2,3)4/h8-10H,1-7H2,(H,19,20,21);8-10,19H,1-7H2;1H3. The minimum Gasteiger partial charge on any atom is -0.390 e. The fourth-order valence-electron chi connectivity index (χ4n) is 10.3. The second kappa shape index (κ2) is 12.4. The quantitative estimate of drug-likeness (QED) is 0.216. The zero-order chi connectivity index (χ0) is 37.9. The van der Waals surface area contributed by atoms with Crippen molar-refractivity contribution < 1.29 is 84.7 Å². The lowest BCUT2D eigenvalue weighted by Crippen LogP contribution is -2.66. The molecule has 0 aromatic heterocycles. The van der Waals surface area contributed by atoms with Gasteiger partial charge in [0.15, 0.2) is 11.6 Å². The van der Waals surface area contributed by atoms with E-state index in [2.05, 4.69) is 10.7 Å². The van der Waals surface area contributed by atoms with E-state index < -0.39 is 104 Å². The molecule has 10 fully saturated rings. The second-order valence-electron chi connectivity index (χ2n) is 15.7. The third kappa shape index (κ3) is 7.51. The van der Waals surface area contributed by atoms with Crippen LogP contribution in [0.25, 0.3) is 0 Å². The molecule has 0 radical (unpaired) electrons. The molecule has 10 aliphatic rings. The molecule has 10 rings (SSSR count). The summed E-state index contributed by atoms with van der Waals surface area (Å²) >= 11 is 0. The first-order chi connectivity index (χ1) is 23.0. The molecule has 8 aliphatic carbocycles. The molecule has 22 heteroatoms. The van der Waals surface area contributed by atoms with E-state index in [0.29, 0.717) is 57.3 Å². The number of hydrogen-bond donors (Lipinski definition) is 2. The van der Waals surface area contributed by atoms with Crippen LogP contribution in [0.15, 0.2) is 0 Å². The van der Waals surface area contributed by atoms with Crippen molar-refractivity contribution in [1.82, 2.24) is 0 Å². The highest BCUT2D eigenvalue weighted by Gasteiger charge is 2.71. The van der Waals surface area contributed by atoms with E-state index in [0.717, 1.165) is 6.26 Å². The molecule has 2 aliphatic heterocycles. The number of alkyl halides is 8. The summed E-state index contributed by atoms with van der Waals surface area (Å²) in [6.07, 6.45) is 5.33. The van der Waals surface area contributed by atoms with E-state index in [-0.39, 0.29) is 30.6 Å². The fraction of sp³-hybridized carbons (Fsp3) is 1.00. The topological polar surface area (TPSA) is 155 Å². The maximum atomic E-state index is 13.6. The first-order valence-electron chi connectivity index (χ1n) is 16.4. The monoisotopic (exact) mass is 814 g/mol. The zero-order valence-electron chi connectivity index (χ0n) is 27.2. The first kappa shape index (κ1) is 40.0. The van der Waals surface area contributed by atoms with Gasteiger partial charge in [-0.05, 0) is 76.0 Å². The van der Waals surface area contributed by atoms with Crippen LogP contribution in [0.1, 0.15) is 64.2 Å². The van der Waals surface area contributed by atoms with Gasteiger partial charge in [0.2, 0.25) is 9.05 Å². The molecule has 0 aromatic carbocycles. The van der Waals surface area contributed by atoms with E-state index in [1.54, 1.807) is 0 Å². The predicted molar refractivity (Wildman–Crippen MR) is 157 cm³/mol. The molecule has 2 heterocycles. The van der Waals surface area contributed by atoms with Crippen molar-refractivity contribution in [2.45, 2.75) is 111 Å². The first-order valence-corrected chi connectivity index (χ1v) is 20.5. The Balaban J connectivity index is 0.000000157. The van der Waals surface area contributed by atoms with Gasteiger partial charge in [-0.1, -0.05) is 0 Å². The molecular formula is C29H39ClF8O11S2. The molecule has 296 valence electrons. The van der Waals surface area contributed by atoms with Crippen LogP contribution in [-0.4, -0.2) is 106 Å². The Hall–Kier alpha value is -0.650. The van der Waals surface area contributed by atoms with Gasteiger partial charge in [0.1, 0.15) is 26.4 Å². The van der Waals surface area contributed by atoms with Crippen molar-refractivity contribution in [2.75, 3.05) is 32.7 Å². The molecule has 2 N–H and O–H groups in total. The molecule has 51 heavy (non-hydrogen) atoms. The van der Waals surface area contributed by atoms with Crippen LogP contribution in [0.3, 0.4) is 0 Å². The molecule has 0 aromatic rings. The molecule has 4 unspecified atom stereocenters. The lowest BCUT2D eigenvalue weighted by molar-refractivity contribution is -0.354. The number of hydrogen-bond acceptors (Lipinski definition) is 10. The van der Waals surface area contributed by atoms with E-state index in [9.17, 15) is 57.1 Å². The molecule has 4 atom stereocenters. The van der Waals surface area contributed by atoms with Gasteiger partial charge in [-0.25, -0.2) is 12.6 Å². The average molecular weight is 815 g/mol. The SMILES string of the molecule is CS(=O)(=O)Cl.O=S(=O)(O)OC12CC3CC(C1)C1(OCC(F)(F)C(F)(F)CO1)C(C3)C2.OC12CC3CC(C1)C1(OCC(F)(F)C(F)(F)CO1)C(C3)C2. The summed E-state index contributed by atoms with van der Waals surface area (Å²) in [5, 5.41) is 10.5. The maximum absolute atomic E-state index is 13.6. The van der Waals surface area contributed by atoms with E-state index in [4.69, 9.17) is 27.7 Å².